The van der Waals surface area contributed by atoms with Crippen LogP contribution in [0.25, 0.3) is 0 Å². The Bertz CT molecular complexity index is 261. The van der Waals surface area contributed by atoms with E-state index in [-0.39, 0.29) is 6.10 Å². The minimum atomic E-state index is -0.241. The third-order valence-electron chi connectivity index (χ3n) is 2.18. The van der Waals surface area contributed by atoms with Crippen molar-refractivity contribution in [3.8, 4) is 0 Å². The lowest BCUT2D eigenvalue weighted by Gasteiger charge is -2.08. The first kappa shape index (κ1) is 11.1. The van der Waals surface area contributed by atoms with Gasteiger partial charge in [-0.1, -0.05) is 6.92 Å². The normalized spacial score (nSPS) is 13.1. The van der Waals surface area contributed by atoms with E-state index < -0.39 is 0 Å². The zero-order chi connectivity index (χ0) is 10.4. The Kier molecular flexibility index (Phi) is 4.55. The molecule has 0 amide bonds. The van der Waals surface area contributed by atoms with Gasteiger partial charge < -0.3 is 15.0 Å². The van der Waals surface area contributed by atoms with Crippen LogP contribution in [0.4, 0.5) is 0 Å². The van der Waals surface area contributed by atoms with E-state index in [1.807, 2.05) is 18.5 Å². The molecule has 0 spiro atoms. The van der Waals surface area contributed by atoms with Crippen LogP contribution in [0.1, 0.15) is 19.2 Å². The number of aryl methyl sites for hydroxylation is 1. The van der Waals surface area contributed by atoms with Crippen molar-refractivity contribution in [1.29, 1.82) is 0 Å². The molecule has 1 rings (SSSR count). The number of nitrogens with zero attached hydrogens (tertiary/aromatic N) is 3. The van der Waals surface area contributed by atoms with Gasteiger partial charge in [0, 0.05) is 26.6 Å². The highest BCUT2D eigenvalue weighted by molar-refractivity contribution is 4.84. The number of aliphatic hydroxyl groups is 1. The molecule has 5 nitrogen and oxygen atoms in total. The van der Waals surface area contributed by atoms with Crippen LogP contribution < -0.4 is 5.32 Å². The first-order chi connectivity index (χ1) is 6.74. The SMILES string of the molecule is CCC(O)CNCCc1nncn1C. The highest BCUT2D eigenvalue weighted by Crippen LogP contribution is 1.92. The quantitative estimate of drug-likeness (QED) is 0.617. The topological polar surface area (TPSA) is 63.0 Å². The zero-order valence-corrected chi connectivity index (χ0v) is 8.77. The predicted octanol–water partition coefficient (Wildman–Crippen LogP) is -0.282. The Hall–Kier alpha value is -0.940. The summed E-state index contributed by atoms with van der Waals surface area (Å²) < 4.78 is 1.90. The maximum Gasteiger partial charge on any atom is 0.133 e. The molecule has 0 aliphatic rings. The van der Waals surface area contributed by atoms with E-state index in [4.69, 9.17) is 0 Å². The summed E-state index contributed by atoms with van der Waals surface area (Å²) in [6.45, 7) is 3.44. The van der Waals surface area contributed by atoms with Crippen molar-refractivity contribution in [3.05, 3.63) is 12.2 Å². The second-order valence-corrected chi connectivity index (χ2v) is 3.37. The Morgan fingerprint density at radius 3 is 3.00 bits per heavy atom. The maximum absolute atomic E-state index is 9.27. The van der Waals surface area contributed by atoms with E-state index >= 15 is 0 Å². The highest BCUT2D eigenvalue weighted by Gasteiger charge is 2.01. The molecule has 0 saturated carbocycles. The molecule has 1 unspecified atom stereocenters. The molecule has 14 heavy (non-hydrogen) atoms. The van der Waals surface area contributed by atoms with E-state index in [2.05, 4.69) is 15.5 Å². The van der Waals surface area contributed by atoms with Gasteiger partial charge in [0.15, 0.2) is 0 Å². The van der Waals surface area contributed by atoms with Crippen molar-refractivity contribution in [2.75, 3.05) is 13.1 Å². The molecular formula is C9H18N4O. The predicted molar refractivity (Wildman–Crippen MR) is 53.9 cm³/mol. The molecule has 1 atom stereocenters. The van der Waals surface area contributed by atoms with Crippen molar-refractivity contribution >= 4 is 0 Å². The molecule has 5 heteroatoms. The van der Waals surface area contributed by atoms with Gasteiger partial charge >= 0.3 is 0 Å². The monoisotopic (exact) mass is 198 g/mol. The lowest BCUT2D eigenvalue weighted by Crippen LogP contribution is -2.28. The third-order valence-corrected chi connectivity index (χ3v) is 2.18. The van der Waals surface area contributed by atoms with Gasteiger partial charge in [-0.3, -0.25) is 0 Å². The molecule has 80 valence electrons. The van der Waals surface area contributed by atoms with Gasteiger partial charge in [0.1, 0.15) is 12.2 Å². The number of rotatable bonds is 6. The van der Waals surface area contributed by atoms with Gasteiger partial charge in [0.2, 0.25) is 0 Å². The largest absolute Gasteiger partial charge is 0.392 e. The molecule has 0 radical (unpaired) electrons. The molecular weight excluding hydrogens is 180 g/mol. The minimum Gasteiger partial charge on any atom is -0.392 e. The van der Waals surface area contributed by atoms with Crippen molar-refractivity contribution < 1.29 is 5.11 Å². The lowest BCUT2D eigenvalue weighted by molar-refractivity contribution is 0.167. The number of aliphatic hydroxyl groups excluding tert-OH is 1. The van der Waals surface area contributed by atoms with Crippen LogP contribution in [-0.2, 0) is 13.5 Å². The Labute approximate surface area is 84.2 Å². The van der Waals surface area contributed by atoms with Gasteiger partial charge in [-0.2, -0.15) is 0 Å². The van der Waals surface area contributed by atoms with Crippen LogP contribution in [-0.4, -0.2) is 39.1 Å². The second kappa shape index (κ2) is 5.72. The van der Waals surface area contributed by atoms with Gasteiger partial charge in [-0.25, -0.2) is 0 Å². The van der Waals surface area contributed by atoms with Gasteiger partial charge in [-0.15, -0.1) is 10.2 Å². The third kappa shape index (κ3) is 3.43. The van der Waals surface area contributed by atoms with Crippen molar-refractivity contribution in [2.24, 2.45) is 7.05 Å². The fraction of sp³-hybridized carbons (Fsp3) is 0.778. The number of hydrogen-bond donors (Lipinski definition) is 2. The summed E-state index contributed by atoms with van der Waals surface area (Å²) in [5, 5.41) is 20.2. The molecule has 0 aromatic carbocycles. The van der Waals surface area contributed by atoms with Crippen LogP contribution in [0.2, 0.25) is 0 Å². The van der Waals surface area contributed by atoms with E-state index in [0.29, 0.717) is 6.54 Å². The summed E-state index contributed by atoms with van der Waals surface area (Å²) in [5.74, 6) is 0.962. The molecule has 0 aliphatic carbocycles. The van der Waals surface area contributed by atoms with Gasteiger partial charge in [0.05, 0.1) is 6.10 Å². The Morgan fingerprint density at radius 2 is 2.43 bits per heavy atom. The summed E-state index contributed by atoms with van der Waals surface area (Å²) >= 11 is 0. The average Bonchev–Trinajstić information content (AvgIpc) is 2.58. The molecule has 1 heterocycles. The smallest absolute Gasteiger partial charge is 0.133 e. The van der Waals surface area contributed by atoms with Crippen LogP contribution in [0.15, 0.2) is 6.33 Å². The Balaban J connectivity index is 2.13. The van der Waals surface area contributed by atoms with Crippen LogP contribution in [0, 0.1) is 0 Å². The average molecular weight is 198 g/mol. The zero-order valence-electron chi connectivity index (χ0n) is 8.77. The number of nitrogens with one attached hydrogen (secondary N) is 1. The number of hydrogen-bond acceptors (Lipinski definition) is 4. The van der Waals surface area contributed by atoms with E-state index in [9.17, 15) is 5.11 Å². The van der Waals surface area contributed by atoms with Crippen molar-refractivity contribution in [2.45, 2.75) is 25.9 Å². The number of aromatic nitrogens is 3. The summed E-state index contributed by atoms with van der Waals surface area (Å²) in [6, 6.07) is 0. The maximum atomic E-state index is 9.27. The van der Waals surface area contributed by atoms with E-state index in [0.717, 1.165) is 25.2 Å². The molecule has 0 saturated heterocycles. The van der Waals surface area contributed by atoms with Crippen molar-refractivity contribution in [1.82, 2.24) is 20.1 Å². The van der Waals surface area contributed by atoms with Crippen molar-refractivity contribution in [3.63, 3.8) is 0 Å². The molecule has 0 fully saturated rings. The standard InChI is InChI=1S/C9H18N4O/c1-3-8(14)6-10-5-4-9-12-11-7-13(9)2/h7-8,10,14H,3-6H2,1-2H3. The summed E-state index contributed by atoms with van der Waals surface area (Å²) in [6.07, 6.45) is 3.08. The van der Waals surface area contributed by atoms with Crippen LogP contribution >= 0.6 is 0 Å². The van der Waals surface area contributed by atoms with E-state index in [1.165, 1.54) is 0 Å². The lowest BCUT2D eigenvalue weighted by atomic mass is 10.3. The summed E-state index contributed by atoms with van der Waals surface area (Å²) in [5.41, 5.74) is 0. The molecule has 2 N–H and O–H groups in total. The molecule has 1 aromatic rings. The fourth-order valence-corrected chi connectivity index (χ4v) is 1.15. The van der Waals surface area contributed by atoms with Crippen LogP contribution in [0.3, 0.4) is 0 Å². The summed E-state index contributed by atoms with van der Waals surface area (Å²) in [4.78, 5) is 0. The van der Waals surface area contributed by atoms with Gasteiger partial charge in [-0.05, 0) is 6.42 Å². The first-order valence-electron chi connectivity index (χ1n) is 4.95. The van der Waals surface area contributed by atoms with E-state index in [1.54, 1.807) is 6.33 Å². The minimum absolute atomic E-state index is 0.241. The summed E-state index contributed by atoms with van der Waals surface area (Å²) in [7, 11) is 1.93. The second-order valence-electron chi connectivity index (χ2n) is 3.37. The molecule has 1 aromatic heterocycles. The molecule has 0 aliphatic heterocycles. The van der Waals surface area contributed by atoms with Crippen LogP contribution in [0.5, 0.6) is 0 Å². The highest BCUT2D eigenvalue weighted by atomic mass is 16.3. The Morgan fingerprint density at radius 1 is 1.64 bits per heavy atom. The van der Waals surface area contributed by atoms with Gasteiger partial charge in [0.25, 0.3) is 0 Å². The molecule has 0 bridgehead atoms. The fourth-order valence-electron chi connectivity index (χ4n) is 1.15. The first-order valence-corrected chi connectivity index (χ1v) is 4.95.